The first-order chi connectivity index (χ1) is 3.81. The fourth-order valence-electron chi connectivity index (χ4n) is 0.683. The molecule has 1 nitrogen and oxygen atoms in total. The topological polar surface area (TPSA) is 17.1 Å². The van der Waals surface area contributed by atoms with Crippen LogP contribution in [0.2, 0.25) is 0 Å². The minimum atomic E-state index is 0. The van der Waals surface area contributed by atoms with Gasteiger partial charge < -0.3 is 0 Å². The summed E-state index contributed by atoms with van der Waals surface area (Å²) in [6, 6.07) is 0. The lowest BCUT2D eigenvalue weighted by Crippen LogP contribution is -1.93. The number of rotatable bonds is 4. The average molecular weight is 187 g/mol. The van der Waals surface area contributed by atoms with Gasteiger partial charge in [0.15, 0.2) is 0 Å². The third kappa shape index (κ3) is 11.1. The Morgan fingerprint density at radius 2 is 1.30 bits per heavy atom. The Bertz CT molecular complexity index is 66.0. The normalized spacial score (nSPS) is 7.40. The molecule has 0 aromatic rings. The van der Waals surface area contributed by atoms with Crippen LogP contribution in [0.25, 0.3) is 0 Å². The van der Waals surface area contributed by atoms with Crippen molar-refractivity contribution >= 4 is 30.6 Å². The van der Waals surface area contributed by atoms with Gasteiger partial charge in [-0.1, -0.05) is 13.8 Å². The molecule has 0 unspecified atom stereocenters. The Labute approximate surface area is 75.4 Å². The smallest absolute Gasteiger partial charge is 0.132 e. The average Bonchev–Trinajstić information content (AvgIpc) is 1.68. The SMILES string of the molecule is CCCC(=O)CCC.Cl.Cl. The lowest BCUT2D eigenvalue weighted by atomic mass is 10.1. The minimum absolute atomic E-state index is 0. The molecule has 0 N–H and O–H groups in total. The van der Waals surface area contributed by atoms with Crippen molar-refractivity contribution in [1.29, 1.82) is 0 Å². The van der Waals surface area contributed by atoms with Gasteiger partial charge in [0.05, 0.1) is 0 Å². The Balaban J connectivity index is -0.000000245. The molecule has 0 aromatic heterocycles. The van der Waals surface area contributed by atoms with Crippen molar-refractivity contribution in [1.82, 2.24) is 0 Å². The van der Waals surface area contributed by atoms with Gasteiger partial charge in [-0.15, -0.1) is 24.8 Å². The fraction of sp³-hybridized carbons (Fsp3) is 0.857. The zero-order valence-corrected chi connectivity index (χ0v) is 8.19. The summed E-state index contributed by atoms with van der Waals surface area (Å²) in [5.74, 6) is 0.412. The van der Waals surface area contributed by atoms with E-state index in [2.05, 4.69) is 0 Å². The molecule has 0 atom stereocenters. The molecule has 0 fully saturated rings. The summed E-state index contributed by atoms with van der Waals surface area (Å²) >= 11 is 0. The summed E-state index contributed by atoms with van der Waals surface area (Å²) in [6.45, 7) is 4.07. The summed E-state index contributed by atoms with van der Waals surface area (Å²) in [4.78, 5) is 10.6. The van der Waals surface area contributed by atoms with E-state index in [4.69, 9.17) is 0 Å². The van der Waals surface area contributed by atoms with E-state index in [0.717, 1.165) is 25.7 Å². The van der Waals surface area contributed by atoms with Crippen molar-refractivity contribution in [3.8, 4) is 0 Å². The summed E-state index contributed by atoms with van der Waals surface area (Å²) < 4.78 is 0. The molecule has 0 bridgehead atoms. The van der Waals surface area contributed by atoms with E-state index in [1.165, 1.54) is 0 Å². The van der Waals surface area contributed by atoms with Crippen LogP contribution >= 0.6 is 24.8 Å². The molecular weight excluding hydrogens is 171 g/mol. The third-order valence-electron chi connectivity index (χ3n) is 1.06. The van der Waals surface area contributed by atoms with Crippen LogP contribution in [0, 0.1) is 0 Å². The molecule has 3 heteroatoms. The molecule has 0 spiro atoms. The zero-order chi connectivity index (χ0) is 6.41. The van der Waals surface area contributed by atoms with Gasteiger partial charge in [-0.3, -0.25) is 4.79 Å². The van der Waals surface area contributed by atoms with Crippen molar-refractivity contribution in [3.05, 3.63) is 0 Å². The highest BCUT2D eigenvalue weighted by Crippen LogP contribution is 1.95. The molecule has 0 rings (SSSR count). The van der Waals surface area contributed by atoms with Gasteiger partial charge >= 0.3 is 0 Å². The van der Waals surface area contributed by atoms with E-state index < -0.39 is 0 Å². The Morgan fingerprint density at radius 3 is 1.50 bits per heavy atom. The van der Waals surface area contributed by atoms with Gasteiger partial charge in [0.25, 0.3) is 0 Å². The monoisotopic (exact) mass is 186 g/mol. The van der Waals surface area contributed by atoms with Crippen LogP contribution in [0.3, 0.4) is 0 Å². The van der Waals surface area contributed by atoms with Gasteiger partial charge in [-0.2, -0.15) is 0 Å². The van der Waals surface area contributed by atoms with E-state index in [-0.39, 0.29) is 24.8 Å². The maximum absolute atomic E-state index is 10.6. The second kappa shape index (κ2) is 12.0. The second-order valence-electron chi connectivity index (χ2n) is 2.04. The molecule has 0 amide bonds. The molecule has 0 aromatic carbocycles. The first-order valence-electron chi connectivity index (χ1n) is 3.33. The van der Waals surface area contributed by atoms with Crippen molar-refractivity contribution in [2.24, 2.45) is 0 Å². The Hall–Kier alpha value is 0.250. The van der Waals surface area contributed by atoms with E-state index in [0.29, 0.717) is 5.78 Å². The third-order valence-corrected chi connectivity index (χ3v) is 1.06. The molecule has 64 valence electrons. The number of carbonyl (C=O) groups is 1. The number of hydrogen-bond acceptors (Lipinski definition) is 1. The molecule has 0 aliphatic carbocycles. The van der Waals surface area contributed by atoms with E-state index in [1.54, 1.807) is 0 Å². The summed E-state index contributed by atoms with van der Waals surface area (Å²) in [5.41, 5.74) is 0. The maximum Gasteiger partial charge on any atom is 0.132 e. The van der Waals surface area contributed by atoms with Gasteiger partial charge in [-0.25, -0.2) is 0 Å². The number of Topliss-reactive ketones (excluding diaryl/α,β-unsaturated/α-hetero) is 1. The largest absolute Gasteiger partial charge is 0.300 e. The molecule has 0 radical (unpaired) electrons. The number of carbonyl (C=O) groups excluding carboxylic acids is 1. The minimum Gasteiger partial charge on any atom is -0.300 e. The van der Waals surface area contributed by atoms with Crippen molar-refractivity contribution in [2.75, 3.05) is 0 Å². The van der Waals surface area contributed by atoms with Gasteiger partial charge in [-0.05, 0) is 12.8 Å². The van der Waals surface area contributed by atoms with Crippen molar-refractivity contribution < 1.29 is 4.79 Å². The zero-order valence-electron chi connectivity index (χ0n) is 6.55. The first-order valence-corrected chi connectivity index (χ1v) is 3.33. The highest BCUT2D eigenvalue weighted by atomic mass is 35.5. The van der Waals surface area contributed by atoms with Gasteiger partial charge in [0, 0.05) is 12.8 Å². The lowest BCUT2D eigenvalue weighted by Gasteiger charge is -1.91. The Kier molecular flexibility index (Phi) is 20.0. The van der Waals surface area contributed by atoms with Gasteiger partial charge in [0.1, 0.15) is 5.78 Å². The van der Waals surface area contributed by atoms with Crippen LogP contribution in [0.15, 0.2) is 0 Å². The Morgan fingerprint density at radius 1 is 1.00 bits per heavy atom. The lowest BCUT2D eigenvalue weighted by molar-refractivity contribution is -0.119. The first kappa shape index (κ1) is 16.7. The summed E-state index contributed by atoms with van der Waals surface area (Å²) in [5, 5.41) is 0. The number of halogens is 2. The maximum atomic E-state index is 10.6. The number of ketones is 1. The highest BCUT2D eigenvalue weighted by Gasteiger charge is 1.94. The molecule has 0 saturated carbocycles. The van der Waals surface area contributed by atoms with Crippen LogP contribution in [0.4, 0.5) is 0 Å². The van der Waals surface area contributed by atoms with Crippen LogP contribution in [-0.4, -0.2) is 5.78 Å². The molecule has 0 saturated heterocycles. The molecule has 10 heavy (non-hydrogen) atoms. The van der Waals surface area contributed by atoms with E-state index in [9.17, 15) is 4.79 Å². The van der Waals surface area contributed by atoms with Crippen LogP contribution in [-0.2, 0) is 4.79 Å². The molecule has 0 heterocycles. The predicted octanol–water partition coefficient (Wildman–Crippen LogP) is 3.00. The molecule has 0 aliphatic heterocycles. The van der Waals surface area contributed by atoms with E-state index >= 15 is 0 Å². The quantitative estimate of drug-likeness (QED) is 0.661. The fourth-order valence-corrected chi connectivity index (χ4v) is 0.683. The van der Waals surface area contributed by atoms with E-state index in [1.807, 2.05) is 13.8 Å². The van der Waals surface area contributed by atoms with Crippen LogP contribution in [0.1, 0.15) is 39.5 Å². The molecule has 0 aliphatic rings. The van der Waals surface area contributed by atoms with Crippen LogP contribution < -0.4 is 0 Å². The van der Waals surface area contributed by atoms with Crippen molar-refractivity contribution in [3.63, 3.8) is 0 Å². The summed E-state index contributed by atoms with van der Waals surface area (Å²) in [7, 11) is 0. The standard InChI is InChI=1S/C7H14O.2ClH/c1-3-5-7(8)6-4-2;;/h3-6H2,1-2H3;2*1H. The number of hydrogen-bond donors (Lipinski definition) is 0. The molecular formula is C7H16Cl2O. The predicted molar refractivity (Wildman–Crippen MR) is 49.3 cm³/mol. The highest BCUT2D eigenvalue weighted by molar-refractivity contribution is 5.85. The second-order valence-corrected chi connectivity index (χ2v) is 2.04. The summed E-state index contributed by atoms with van der Waals surface area (Å²) in [6.07, 6.45) is 3.54. The van der Waals surface area contributed by atoms with Crippen molar-refractivity contribution in [2.45, 2.75) is 39.5 Å². The van der Waals surface area contributed by atoms with Gasteiger partial charge in [0.2, 0.25) is 0 Å². The van der Waals surface area contributed by atoms with Crippen LogP contribution in [0.5, 0.6) is 0 Å².